The molecular formula is C11H22N2O2. The Bertz CT molecular complexity index is 179. The lowest BCUT2D eigenvalue weighted by molar-refractivity contribution is 0.143. The molecule has 88 valence electrons. The van der Waals surface area contributed by atoms with Gasteiger partial charge in [-0.05, 0) is 25.8 Å². The van der Waals surface area contributed by atoms with Crippen LogP contribution >= 0.6 is 0 Å². The van der Waals surface area contributed by atoms with Gasteiger partial charge in [-0.2, -0.15) is 0 Å². The van der Waals surface area contributed by atoms with Gasteiger partial charge < -0.3 is 15.4 Å². The maximum atomic E-state index is 11.3. The molecule has 0 unspecified atom stereocenters. The first-order valence-corrected chi connectivity index (χ1v) is 5.97. The fourth-order valence-electron chi connectivity index (χ4n) is 1.80. The normalized spacial score (nSPS) is 16.6. The van der Waals surface area contributed by atoms with E-state index in [1.807, 2.05) is 0 Å². The summed E-state index contributed by atoms with van der Waals surface area (Å²) in [6, 6.07) is 0.348. The molecular weight excluding hydrogens is 192 g/mol. The van der Waals surface area contributed by atoms with Crippen LogP contribution in [0, 0.1) is 0 Å². The van der Waals surface area contributed by atoms with Gasteiger partial charge in [0.05, 0.1) is 0 Å². The summed E-state index contributed by atoms with van der Waals surface area (Å²) in [6.45, 7) is 4.29. The van der Waals surface area contributed by atoms with Gasteiger partial charge in [0, 0.05) is 12.6 Å². The van der Waals surface area contributed by atoms with Crippen molar-refractivity contribution in [3.63, 3.8) is 0 Å². The molecule has 0 spiro atoms. The van der Waals surface area contributed by atoms with E-state index in [4.69, 9.17) is 4.74 Å². The molecule has 0 saturated heterocycles. The van der Waals surface area contributed by atoms with Gasteiger partial charge in [-0.1, -0.05) is 19.8 Å². The Morgan fingerprint density at radius 3 is 2.73 bits per heavy atom. The number of amides is 1. The molecule has 1 rings (SSSR count). The highest BCUT2D eigenvalue weighted by molar-refractivity contribution is 5.67. The zero-order chi connectivity index (χ0) is 10.9. The van der Waals surface area contributed by atoms with Gasteiger partial charge in [0.1, 0.15) is 6.61 Å². The summed E-state index contributed by atoms with van der Waals surface area (Å²) < 4.78 is 5.04. The monoisotopic (exact) mass is 214 g/mol. The average molecular weight is 214 g/mol. The number of alkyl carbamates (subject to hydrolysis) is 1. The molecule has 0 radical (unpaired) electrons. The lowest BCUT2D eigenvalue weighted by atomic mass is 10.3. The third-order valence-electron chi connectivity index (χ3n) is 2.62. The van der Waals surface area contributed by atoms with E-state index in [-0.39, 0.29) is 6.09 Å². The van der Waals surface area contributed by atoms with Crippen LogP contribution in [0.1, 0.15) is 39.0 Å². The Morgan fingerprint density at radius 2 is 2.07 bits per heavy atom. The SMILES string of the molecule is CCCNCCOC(=O)NC1CCCC1. The summed E-state index contributed by atoms with van der Waals surface area (Å²) in [5, 5.41) is 6.06. The van der Waals surface area contributed by atoms with Gasteiger partial charge in [0.15, 0.2) is 0 Å². The van der Waals surface area contributed by atoms with Crippen LogP contribution in [-0.4, -0.2) is 31.8 Å². The second-order valence-corrected chi connectivity index (χ2v) is 4.01. The lowest BCUT2D eigenvalue weighted by Crippen LogP contribution is -2.34. The maximum absolute atomic E-state index is 11.3. The van der Waals surface area contributed by atoms with Crippen molar-refractivity contribution in [3.05, 3.63) is 0 Å². The summed E-state index contributed by atoms with van der Waals surface area (Å²) in [6.07, 6.45) is 5.49. The average Bonchev–Trinajstić information content (AvgIpc) is 2.70. The van der Waals surface area contributed by atoms with E-state index >= 15 is 0 Å². The molecule has 2 N–H and O–H groups in total. The van der Waals surface area contributed by atoms with Gasteiger partial charge >= 0.3 is 6.09 Å². The molecule has 0 heterocycles. The molecule has 1 saturated carbocycles. The van der Waals surface area contributed by atoms with Crippen molar-refractivity contribution in [3.8, 4) is 0 Å². The minimum atomic E-state index is -0.264. The molecule has 0 aliphatic heterocycles. The van der Waals surface area contributed by atoms with Gasteiger partial charge in [-0.15, -0.1) is 0 Å². The number of ether oxygens (including phenoxy) is 1. The van der Waals surface area contributed by atoms with Crippen molar-refractivity contribution in [1.82, 2.24) is 10.6 Å². The van der Waals surface area contributed by atoms with Crippen LogP contribution in [0.2, 0.25) is 0 Å². The van der Waals surface area contributed by atoms with E-state index in [0.717, 1.165) is 32.4 Å². The summed E-state index contributed by atoms with van der Waals surface area (Å²) in [7, 11) is 0. The zero-order valence-electron chi connectivity index (χ0n) is 9.55. The first-order valence-electron chi connectivity index (χ1n) is 5.97. The Balaban J connectivity index is 1.93. The molecule has 1 aliphatic carbocycles. The second kappa shape index (κ2) is 7.51. The minimum absolute atomic E-state index is 0.264. The smallest absolute Gasteiger partial charge is 0.407 e. The summed E-state index contributed by atoms with van der Waals surface area (Å²) in [4.78, 5) is 11.3. The van der Waals surface area contributed by atoms with Crippen LogP contribution < -0.4 is 10.6 Å². The zero-order valence-corrected chi connectivity index (χ0v) is 9.55. The lowest BCUT2D eigenvalue weighted by Gasteiger charge is -2.12. The van der Waals surface area contributed by atoms with Gasteiger partial charge in [-0.25, -0.2) is 4.79 Å². The Labute approximate surface area is 91.8 Å². The van der Waals surface area contributed by atoms with Gasteiger partial charge in [0.25, 0.3) is 0 Å². The molecule has 0 aromatic heterocycles. The van der Waals surface area contributed by atoms with Crippen LogP contribution in [-0.2, 0) is 4.74 Å². The largest absolute Gasteiger partial charge is 0.448 e. The number of carbonyl (C=O) groups is 1. The number of hydrogen-bond donors (Lipinski definition) is 2. The number of carbonyl (C=O) groups excluding carboxylic acids is 1. The highest BCUT2D eigenvalue weighted by Crippen LogP contribution is 2.17. The van der Waals surface area contributed by atoms with Crippen LogP contribution in [0.25, 0.3) is 0 Å². The Hall–Kier alpha value is -0.770. The van der Waals surface area contributed by atoms with Gasteiger partial charge in [0.2, 0.25) is 0 Å². The van der Waals surface area contributed by atoms with E-state index in [1.165, 1.54) is 12.8 Å². The van der Waals surface area contributed by atoms with Crippen molar-refractivity contribution in [2.45, 2.75) is 45.1 Å². The Morgan fingerprint density at radius 1 is 1.33 bits per heavy atom. The summed E-state index contributed by atoms with van der Waals surface area (Å²) in [5.74, 6) is 0. The molecule has 4 nitrogen and oxygen atoms in total. The quantitative estimate of drug-likeness (QED) is 0.661. The molecule has 0 aromatic carbocycles. The first-order chi connectivity index (χ1) is 7.33. The van der Waals surface area contributed by atoms with Crippen molar-refractivity contribution in [2.24, 2.45) is 0 Å². The number of hydrogen-bond acceptors (Lipinski definition) is 3. The third kappa shape index (κ3) is 5.62. The summed E-state index contributed by atoms with van der Waals surface area (Å²) >= 11 is 0. The fraction of sp³-hybridized carbons (Fsp3) is 0.909. The van der Waals surface area contributed by atoms with Crippen molar-refractivity contribution < 1.29 is 9.53 Å². The van der Waals surface area contributed by atoms with Crippen molar-refractivity contribution in [2.75, 3.05) is 19.7 Å². The standard InChI is InChI=1S/C11H22N2O2/c1-2-7-12-8-9-15-11(14)13-10-5-3-4-6-10/h10,12H,2-9H2,1H3,(H,13,14). The molecule has 1 amide bonds. The fourth-order valence-corrected chi connectivity index (χ4v) is 1.80. The van der Waals surface area contributed by atoms with E-state index in [2.05, 4.69) is 17.6 Å². The van der Waals surface area contributed by atoms with E-state index in [9.17, 15) is 4.79 Å². The predicted molar refractivity (Wildman–Crippen MR) is 59.9 cm³/mol. The summed E-state index contributed by atoms with van der Waals surface area (Å²) in [5.41, 5.74) is 0. The van der Waals surface area contributed by atoms with Crippen molar-refractivity contribution in [1.29, 1.82) is 0 Å². The second-order valence-electron chi connectivity index (χ2n) is 4.01. The van der Waals surface area contributed by atoms with Gasteiger partial charge in [-0.3, -0.25) is 0 Å². The predicted octanol–water partition coefficient (Wildman–Crippen LogP) is 1.65. The molecule has 1 fully saturated rings. The highest BCUT2D eigenvalue weighted by Gasteiger charge is 2.17. The van der Waals surface area contributed by atoms with Crippen molar-refractivity contribution >= 4 is 6.09 Å². The molecule has 15 heavy (non-hydrogen) atoms. The van der Waals surface area contributed by atoms with Crippen LogP contribution in [0.3, 0.4) is 0 Å². The molecule has 0 bridgehead atoms. The first kappa shape index (κ1) is 12.3. The number of nitrogens with one attached hydrogen (secondary N) is 2. The molecule has 1 aliphatic rings. The number of rotatable bonds is 6. The van der Waals surface area contributed by atoms with Crippen LogP contribution in [0.15, 0.2) is 0 Å². The van der Waals surface area contributed by atoms with E-state index in [1.54, 1.807) is 0 Å². The van der Waals surface area contributed by atoms with E-state index in [0.29, 0.717) is 12.6 Å². The molecule has 4 heteroatoms. The maximum Gasteiger partial charge on any atom is 0.407 e. The minimum Gasteiger partial charge on any atom is -0.448 e. The molecule has 0 aromatic rings. The molecule has 0 atom stereocenters. The topological polar surface area (TPSA) is 50.4 Å². The highest BCUT2D eigenvalue weighted by atomic mass is 16.5. The van der Waals surface area contributed by atoms with Crippen LogP contribution in [0.4, 0.5) is 4.79 Å². The van der Waals surface area contributed by atoms with E-state index < -0.39 is 0 Å². The third-order valence-corrected chi connectivity index (χ3v) is 2.62. The van der Waals surface area contributed by atoms with Crippen LogP contribution in [0.5, 0.6) is 0 Å². The Kier molecular flexibility index (Phi) is 6.16.